The van der Waals surface area contributed by atoms with Crippen molar-refractivity contribution < 1.29 is 22.8 Å². The Morgan fingerprint density at radius 2 is 2.00 bits per heavy atom. The Morgan fingerprint density at radius 3 is 2.50 bits per heavy atom. The predicted molar refractivity (Wildman–Crippen MR) is 54.8 cm³/mol. The van der Waals surface area contributed by atoms with Crippen LogP contribution in [0.2, 0.25) is 0 Å². The lowest BCUT2D eigenvalue weighted by molar-refractivity contribution is -0.137. The van der Waals surface area contributed by atoms with Crippen molar-refractivity contribution >= 4 is 17.8 Å². The van der Waals surface area contributed by atoms with Gasteiger partial charge in [0.25, 0.3) is 5.91 Å². The fraction of sp³-hybridized carbons (Fsp3) is 0.300. The summed E-state index contributed by atoms with van der Waals surface area (Å²) in [4.78, 5) is 28.4. The van der Waals surface area contributed by atoms with E-state index in [1.165, 1.54) is 7.05 Å². The largest absolute Gasteiger partial charge is 0.416 e. The highest BCUT2D eigenvalue weighted by Gasteiger charge is 2.37. The third-order valence-corrected chi connectivity index (χ3v) is 2.44. The van der Waals surface area contributed by atoms with Crippen molar-refractivity contribution in [2.75, 3.05) is 18.5 Å². The maximum absolute atomic E-state index is 12.5. The summed E-state index contributed by atoms with van der Waals surface area (Å²) >= 11 is 0. The molecule has 1 aliphatic heterocycles. The lowest BCUT2D eigenvalue weighted by atomic mass is 10.2. The molecule has 5 nitrogen and oxygen atoms in total. The zero-order valence-corrected chi connectivity index (χ0v) is 9.23. The quantitative estimate of drug-likeness (QED) is 0.718. The number of anilines is 1. The molecule has 1 fully saturated rings. The number of pyridine rings is 1. The maximum atomic E-state index is 12.5. The number of alkyl halides is 3. The third kappa shape index (κ3) is 2.01. The van der Waals surface area contributed by atoms with Crippen molar-refractivity contribution in [3.05, 3.63) is 23.9 Å². The normalized spacial score (nSPS) is 16.7. The van der Waals surface area contributed by atoms with E-state index < -0.39 is 23.7 Å². The molecule has 0 saturated carbocycles. The van der Waals surface area contributed by atoms with Crippen molar-refractivity contribution in [3.8, 4) is 0 Å². The van der Waals surface area contributed by atoms with E-state index in [1.807, 2.05) is 0 Å². The molecule has 0 radical (unpaired) electrons. The van der Waals surface area contributed by atoms with Gasteiger partial charge in [0.2, 0.25) is 0 Å². The summed E-state index contributed by atoms with van der Waals surface area (Å²) in [6.45, 7) is -0.170. The highest BCUT2D eigenvalue weighted by molar-refractivity contribution is 6.19. The van der Waals surface area contributed by atoms with E-state index in [-0.39, 0.29) is 12.4 Å². The molecule has 0 N–H and O–H groups in total. The summed E-state index contributed by atoms with van der Waals surface area (Å²) < 4.78 is 37.5. The average molecular weight is 259 g/mol. The van der Waals surface area contributed by atoms with E-state index in [4.69, 9.17) is 0 Å². The molecule has 1 saturated heterocycles. The van der Waals surface area contributed by atoms with E-state index in [2.05, 4.69) is 4.98 Å². The first-order valence-corrected chi connectivity index (χ1v) is 4.92. The highest BCUT2D eigenvalue weighted by atomic mass is 19.4. The van der Waals surface area contributed by atoms with E-state index in [0.717, 1.165) is 17.2 Å². The summed E-state index contributed by atoms with van der Waals surface area (Å²) in [5, 5.41) is 0. The number of rotatable bonds is 1. The first-order valence-electron chi connectivity index (χ1n) is 4.92. The number of aromatic nitrogens is 1. The van der Waals surface area contributed by atoms with Gasteiger partial charge in [0.15, 0.2) is 0 Å². The molecule has 1 aromatic heterocycles. The van der Waals surface area contributed by atoms with Crippen molar-refractivity contribution in [1.29, 1.82) is 0 Å². The van der Waals surface area contributed by atoms with Crippen LogP contribution in [0.25, 0.3) is 0 Å². The number of likely N-dealkylation sites (N-methyl/N-ethyl adjacent to an activating group) is 1. The number of hydrogen-bond donors (Lipinski definition) is 0. The van der Waals surface area contributed by atoms with Gasteiger partial charge < -0.3 is 4.90 Å². The minimum absolute atomic E-state index is 0.170. The summed E-state index contributed by atoms with van der Waals surface area (Å²) in [6.07, 6.45) is -3.63. The Balaban J connectivity index is 2.41. The van der Waals surface area contributed by atoms with Crippen molar-refractivity contribution in [2.24, 2.45) is 0 Å². The first-order chi connectivity index (χ1) is 8.30. The number of halogens is 3. The summed E-state index contributed by atoms with van der Waals surface area (Å²) in [5.74, 6) is -0.918. The Bertz CT molecular complexity index is 515. The minimum atomic E-state index is -4.55. The van der Waals surface area contributed by atoms with Gasteiger partial charge in [0.1, 0.15) is 12.4 Å². The monoisotopic (exact) mass is 259 g/mol. The molecule has 0 unspecified atom stereocenters. The van der Waals surface area contributed by atoms with Crippen molar-refractivity contribution in [3.63, 3.8) is 0 Å². The molecule has 0 atom stereocenters. The van der Waals surface area contributed by atoms with Crippen LogP contribution < -0.4 is 4.90 Å². The average Bonchev–Trinajstić information content (AvgIpc) is 2.52. The van der Waals surface area contributed by atoms with Gasteiger partial charge >= 0.3 is 12.2 Å². The van der Waals surface area contributed by atoms with Gasteiger partial charge in [-0.1, -0.05) is 0 Å². The summed E-state index contributed by atoms with van der Waals surface area (Å²) in [6, 6.07) is 0.763. The van der Waals surface area contributed by atoms with Crippen LogP contribution in [-0.2, 0) is 11.0 Å². The second-order valence-corrected chi connectivity index (χ2v) is 3.77. The summed E-state index contributed by atoms with van der Waals surface area (Å²) in [5.41, 5.74) is -0.956. The Kier molecular flexibility index (Phi) is 2.72. The molecule has 96 valence electrons. The van der Waals surface area contributed by atoms with E-state index in [0.29, 0.717) is 11.0 Å². The van der Waals surface area contributed by atoms with Crippen molar-refractivity contribution in [1.82, 2.24) is 9.88 Å². The van der Waals surface area contributed by atoms with Crippen LogP contribution >= 0.6 is 0 Å². The van der Waals surface area contributed by atoms with Gasteiger partial charge in [0, 0.05) is 13.2 Å². The third-order valence-electron chi connectivity index (χ3n) is 2.44. The second-order valence-electron chi connectivity index (χ2n) is 3.77. The standard InChI is InChI=1S/C10H8F3N3O2/c1-15-5-8(17)16(9(15)18)7-4-6(2-3-14-7)10(11,12)13/h2-4H,5H2,1H3. The van der Waals surface area contributed by atoms with Crippen LogP contribution in [0.3, 0.4) is 0 Å². The van der Waals surface area contributed by atoms with Crippen LogP contribution in [0.15, 0.2) is 18.3 Å². The lowest BCUT2D eigenvalue weighted by Gasteiger charge is -2.14. The van der Waals surface area contributed by atoms with Crippen LogP contribution in [0.5, 0.6) is 0 Å². The van der Waals surface area contributed by atoms with Gasteiger partial charge in [-0.3, -0.25) is 4.79 Å². The molecular weight excluding hydrogens is 251 g/mol. The number of imide groups is 1. The molecule has 0 aliphatic carbocycles. The maximum Gasteiger partial charge on any atom is 0.416 e. The molecule has 2 rings (SSSR count). The van der Waals surface area contributed by atoms with E-state index in [1.54, 1.807) is 0 Å². The summed E-state index contributed by atoms with van der Waals surface area (Å²) in [7, 11) is 1.38. The Hall–Kier alpha value is -2.12. The van der Waals surface area contributed by atoms with Crippen LogP contribution in [0.1, 0.15) is 5.56 Å². The number of nitrogens with zero attached hydrogens (tertiary/aromatic N) is 3. The SMILES string of the molecule is CN1CC(=O)N(c2cc(C(F)(F)F)ccn2)C1=O. The van der Waals surface area contributed by atoms with Crippen LogP contribution in [0, 0.1) is 0 Å². The second kappa shape index (κ2) is 3.97. The zero-order chi connectivity index (χ0) is 13.5. The van der Waals surface area contributed by atoms with Crippen molar-refractivity contribution in [2.45, 2.75) is 6.18 Å². The fourth-order valence-electron chi connectivity index (χ4n) is 1.56. The molecule has 0 spiro atoms. The Labute approximate surface area is 99.8 Å². The van der Waals surface area contributed by atoms with E-state index in [9.17, 15) is 22.8 Å². The van der Waals surface area contributed by atoms with Gasteiger partial charge in [0.05, 0.1) is 5.56 Å². The number of hydrogen-bond acceptors (Lipinski definition) is 3. The molecule has 8 heteroatoms. The molecule has 3 amide bonds. The topological polar surface area (TPSA) is 53.5 Å². The van der Waals surface area contributed by atoms with Crippen LogP contribution in [-0.4, -0.2) is 35.4 Å². The first kappa shape index (κ1) is 12.3. The number of carbonyl (C=O) groups excluding carboxylic acids is 2. The lowest BCUT2D eigenvalue weighted by Crippen LogP contribution is -2.32. The van der Waals surface area contributed by atoms with Gasteiger partial charge in [-0.2, -0.15) is 13.2 Å². The smallest absolute Gasteiger partial charge is 0.318 e. The van der Waals surface area contributed by atoms with Gasteiger partial charge in [-0.05, 0) is 12.1 Å². The molecule has 0 bridgehead atoms. The number of carbonyl (C=O) groups is 2. The Morgan fingerprint density at radius 1 is 1.33 bits per heavy atom. The zero-order valence-electron chi connectivity index (χ0n) is 9.23. The molecule has 2 heterocycles. The fourth-order valence-corrected chi connectivity index (χ4v) is 1.56. The van der Waals surface area contributed by atoms with Gasteiger partial charge in [-0.25, -0.2) is 14.7 Å². The molecule has 1 aromatic rings. The minimum Gasteiger partial charge on any atom is -0.318 e. The molecule has 0 aromatic carbocycles. The predicted octanol–water partition coefficient (Wildman–Crippen LogP) is 1.50. The highest BCUT2D eigenvalue weighted by Crippen LogP contribution is 2.31. The van der Waals surface area contributed by atoms with Gasteiger partial charge in [-0.15, -0.1) is 0 Å². The number of urea groups is 1. The molecular formula is C10H8F3N3O2. The molecule has 1 aliphatic rings. The number of amides is 3. The van der Waals surface area contributed by atoms with Crippen LogP contribution in [0.4, 0.5) is 23.8 Å². The van der Waals surface area contributed by atoms with E-state index >= 15 is 0 Å². The molecule has 18 heavy (non-hydrogen) atoms.